The van der Waals surface area contributed by atoms with E-state index in [1.54, 1.807) is 4.68 Å². The van der Waals surface area contributed by atoms with Gasteiger partial charge in [-0.3, -0.25) is 0 Å². The van der Waals surface area contributed by atoms with Crippen LogP contribution in [0.15, 0.2) is 52.6 Å². The summed E-state index contributed by atoms with van der Waals surface area (Å²) in [7, 11) is 0. The van der Waals surface area contributed by atoms with Crippen molar-refractivity contribution in [2.75, 3.05) is 18.0 Å². The van der Waals surface area contributed by atoms with E-state index < -0.39 is 0 Å². The highest BCUT2D eigenvalue weighted by atomic mass is 15.5. The van der Waals surface area contributed by atoms with E-state index in [-0.39, 0.29) is 0 Å². The molecule has 1 aliphatic rings. The van der Waals surface area contributed by atoms with Crippen molar-refractivity contribution in [1.82, 2.24) is 19.9 Å². The second-order valence-electron chi connectivity index (χ2n) is 6.83. The quantitative estimate of drug-likeness (QED) is 0.634. The van der Waals surface area contributed by atoms with Crippen molar-refractivity contribution in [1.29, 1.82) is 0 Å². The molecule has 0 spiro atoms. The van der Waals surface area contributed by atoms with Gasteiger partial charge in [-0.25, -0.2) is 9.98 Å². The van der Waals surface area contributed by atoms with Gasteiger partial charge in [-0.2, -0.15) is 9.78 Å². The molecule has 0 radical (unpaired) electrons. The normalized spacial score (nSPS) is 14.2. The van der Waals surface area contributed by atoms with Gasteiger partial charge in [0, 0.05) is 18.7 Å². The first-order valence-corrected chi connectivity index (χ1v) is 10.1. The molecular formula is C22H25N7. The molecule has 0 bridgehead atoms. The second-order valence-corrected chi connectivity index (χ2v) is 6.83. The molecule has 0 N–H and O–H groups in total. The maximum Gasteiger partial charge on any atom is 0.205 e. The lowest BCUT2D eigenvalue weighted by molar-refractivity contribution is 0.842. The van der Waals surface area contributed by atoms with Gasteiger partial charge in [-0.1, -0.05) is 37.3 Å². The molecule has 0 fully saturated rings. The topological polar surface area (TPSA) is 71.6 Å². The lowest BCUT2D eigenvalue weighted by atomic mass is 10.2. The van der Waals surface area contributed by atoms with Gasteiger partial charge >= 0.3 is 0 Å². The summed E-state index contributed by atoms with van der Waals surface area (Å²) >= 11 is 0. The third kappa shape index (κ3) is 3.44. The average Bonchev–Trinajstić information content (AvgIpc) is 3.31. The summed E-state index contributed by atoms with van der Waals surface area (Å²) in [5.74, 6) is 2.37. The Labute approximate surface area is 170 Å². The summed E-state index contributed by atoms with van der Waals surface area (Å²) in [6.07, 6.45) is 0.764. The summed E-state index contributed by atoms with van der Waals surface area (Å²) < 4.78 is 1.79. The number of nitrogens with zero attached hydrogens (tertiary/aromatic N) is 7. The molecule has 0 unspecified atom stereocenters. The number of aliphatic imine (C=N–C) groups is 1. The van der Waals surface area contributed by atoms with Crippen LogP contribution in [0, 0.1) is 6.92 Å². The first kappa shape index (κ1) is 19.0. The van der Waals surface area contributed by atoms with Crippen molar-refractivity contribution in [2.24, 2.45) is 10.1 Å². The Balaban J connectivity index is 1.75. The number of rotatable bonds is 6. The first-order valence-electron chi connectivity index (χ1n) is 10.1. The van der Waals surface area contributed by atoms with E-state index in [1.165, 1.54) is 0 Å². The fraction of sp³-hybridized carbons (Fsp3) is 0.318. The van der Waals surface area contributed by atoms with Crippen LogP contribution in [-0.2, 0) is 0 Å². The standard InChI is InChI=1S/C22H25N7/c1-5-17-20(24-18-13-14-19(23-15(18)4)28(6-2)7-3)22-26-25-21(29(22)27-17)16-11-9-8-10-12-16/h8-14H,5-7H2,1-4H3/b24-20+. The highest BCUT2D eigenvalue weighted by molar-refractivity contribution is 6.49. The predicted molar refractivity (Wildman–Crippen MR) is 117 cm³/mol. The number of anilines is 1. The van der Waals surface area contributed by atoms with E-state index in [0.29, 0.717) is 5.82 Å². The van der Waals surface area contributed by atoms with Gasteiger partial charge in [0.25, 0.3) is 0 Å². The van der Waals surface area contributed by atoms with Crippen molar-refractivity contribution in [3.63, 3.8) is 0 Å². The molecule has 2 aromatic heterocycles. The first-order chi connectivity index (χ1) is 14.2. The number of fused-ring (bicyclic) bond motifs is 1. The lowest BCUT2D eigenvalue weighted by Crippen LogP contribution is -2.23. The molecule has 3 heterocycles. The number of pyridine rings is 1. The number of aryl methyl sites for hydroxylation is 1. The predicted octanol–water partition coefficient (Wildman–Crippen LogP) is 4.24. The van der Waals surface area contributed by atoms with Crippen LogP contribution < -0.4 is 4.90 Å². The van der Waals surface area contributed by atoms with Gasteiger partial charge in [-0.05, 0) is 39.3 Å². The van der Waals surface area contributed by atoms with E-state index in [1.807, 2.05) is 49.4 Å². The van der Waals surface area contributed by atoms with Crippen LogP contribution in [0.1, 0.15) is 38.7 Å². The second kappa shape index (κ2) is 7.95. The molecule has 29 heavy (non-hydrogen) atoms. The van der Waals surface area contributed by atoms with Gasteiger partial charge in [0.05, 0.1) is 17.1 Å². The molecular weight excluding hydrogens is 362 g/mol. The third-order valence-electron chi connectivity index (χ3n) is 5.08. The van der Waals surface area contributed by atoms with Crippen molar-refractivity contribution >= 4 is 22.9 Å². The third-order valence-corrected chi connectivity index (χ3v) is 5.08. The van der Waals surface area contributed by atoms with E-state index in [0.717, 1.165) is 59.5 Å². The molecule has 1 aromatic carbocycles. The maximum absolute atomic E-state index is 4.89. The van der Waals surface area contributed by atoms with Crippen LogP contribution in [0.3, 0.4) is 0 Å². The summed E-state index contributed by atoms with van der Waals surface area (Å²) in [5, 5.41) is 13.5. The van der Waals surface area contributed by atoms with E-state index in [4.69, 9.17) is 15.1 Å². The zero-order valence-electron chi connectivity index (χ0n) is 17.3. The molecule has 7 nitrogen and oxygen atoms in total. The Kier molecular flexibility index (Phi) is 5.20. The Morgan fingerprint density at radius 3 is 2.31 bits per heavy atom. The molecule has 0 aliphatic carbocycles. The molecule has 4 rings (SSSR count). The molecule has 0 atom stereocenters. The number of hydrogen-bond donors (Lipinski definition) is 0. The zero-order chi connectivity index (χ0) is 20.4. The van der Waals surface area contributed by atoms with Crippen LogP contribution in [0.5, 0.6) is 0 Å². The lowest BCUT2D eigenvalue weighted by Gasteiger charge is -2.20. The fourth-order valence-electron chi connectivity index (χ4n) is 3.44. The van der Waals surface area contributed by atoms with Gasteiger partial charge < -0.3 is 4.90 Å². The molecule has 7 heteroatoms. The zero-order valence-corrected chi connectivity index (χ0v) is 17.3. The van der Waals surface area contributed by atoms with Crippen LogP contribution in [0.4, 0.5) is 11.5 Å². The Morgan fingerprint density at radius 1 is 0.931 bits per heavy atom. The summed E-state index contributed by atoms with van der Waals surface area (Å²) in [6.45, 7) is 10.2. The summed E-state index contributed by atoms with van der Waals surface area (Å²) in [5.41, 5.74) is 4.36. The van der Waals surface area contributed by atoms with Gasteiger partial charge in [0.1, 0.15) is 11.5 Å². The summed E-state index contributed by atoms with van der Waals surface area (Å²) in [6, 6.07) is 14.0. The Bertz CT molecular complexity index is 1080. The molecule has 148 valence electrons. The average molecular weight is 387 g/mol. The van der Waals surface area contributed by atoms with E-state index in [9.17, 15) is 0 Å². The fourth-order valence-corrected chi connectivity index (χ4v) is 3.44. The molecule has 0 amide bonds. The van der Waals surface area contributed by atoms with E-state index in [2.05, 4.69) is 35.9 Å². The van der Waals surface area contributed by atoms with Crippen molar-refractivity contribution in [3.8, 4) is 11.4 Å². The minimum Gasteiger partial charge on any atom is -0.357 e. The van der Waals surface area contributed by atoms with Crippen LogP contribution >= 0.6 is 0 Å². The molecule has 3 aromatic rings. The Morgan fingerprint density at radius 2 is 1.66 bits per heavy atom. The van der Waals surface area contributed by atoms with Gasteiger partial charge in [-0.15, -0.1) is 10.2 Å². The largest absolute Gasteiger partial charge is 0.357 e. The van der Waals surface area contributed by atoms with Crippen LogP contribution in [-0.4, -0.2) is 44.4 Å². The van der Waals surface area contributed by atoms with E-state index >= 15 is 0 Å². The Hall–Kier alpha value is -3.35. The molecule has 0 saturated carbocycles. The minimum atomic E-state index is 0.674. The number of benzene rings is 1. The smallest absolute Gasteiger partial charge is 0.205 e. The maximum atomic E-state index is 4.89. The monoisotopic (exact) mass is 387 g/mol. The summed E-state index contributed by atoms with van der Waals surface area (Å²) in [4.78, 5) is 11.9. The number of hydrogen-bond acceptors (Lipinski definition) is 6. The molecule has 1 aliphatic heterocycles. The minimum absolute atomic E-state index is 0.674. The van der Waals surface area contributed by atoms with Gasteiger partial charge in [0.15, 0.2) is 5.82 Å². The highest BCUT2D eigenvalue weighted by Gasteiger charge is 2.28. The van der Waals surface area contributed by atoms with Crippen LogP contribution in [0.2, 0.25) is 0 Å². The van der Waals surface area contributed by atoms with Crippen molar-refractivity contribution in [2.45, 2.75) is 34.1 Å². The van der Waals surface area contributed by atoms with Crippen LogP contribution in [0.25, 0.3) is 11.4 Å². The number of aromatic nitrogens is 4. The molecule has 0 saturated heterocycles. The van der Waals surface area contributed by atoms with Gasteiger partial charge in [0.2, 0.25) is 5.82 Å². The highest BCUT2D eigenvalue weighted by Crippen LogP contribution is 2.26. The SMILES string of the molecule is CCC1=Nn2c(nnc2-c2ccccc2)/C1=N/c1ccc(N(CC)CC)nc1C. The van der Waals surface area contributed by atoms with Crippen molar-refractivity contribution < 1.29 is 0 Å². The van der Waals surface area contributed by atoms with Crippen molar-refractivity contribution in [3.05, 3.63) is 54.0 Å².